The molecule has 0 aliphatic heterocycles. The summed E-state index contributed by atoms with van der Waals surface area (Å²) in [7, 11) is -3.33. The average molecular weight is 309 g/mol. The van der Waals surface area contributed by atoms with Gasteiger partial charge in [0.2, 0.25) is 14.2 Å². The molecule has 5 heteroatoms. The van der Waals surface area contributed by atoms with E-state index in [0.717, 1.165) is 11.3 Å². The summed E-state index contributed by atoms with van der Waals surface area (Å²) >= 11 is 1.18. The van der Waals surface area contributed by atoms with Crippen LogP contribution in [0.3, 0.4) is 0 Å². The molecule has 1 aromatic carbocycles. The second kappa shape index (κ2) is 5.30. The zero-order valence-corrected chi connectivity index (χ0v) is 13.8. The molecule has 0 N–H and O–H groups in total. The van der Waals surface area contributed by atoms with Crippen LogP contribution in [0.25, 0.3) is 0 Å². The molecule has 1 heterocycles. The molecule has 3 nitrogen and oxygen atoms in total. The van der Waals surface area contributed by atoms with Crippen LogP contribution in [0.1, 0.15) is 37.6 Å². The molecule has 0 saturated heterocycles. The molecule has 0 amide bonds. The highest BCUT2D eigenvalue weighted by atomic mass is 32.2. The van der Waals surface area contributed by atoms with Gasteiger partial charge in [-0.05, 0) is 23.5 Å². The lowest BCUT2D eigenvalue weighted by Crippen LogP contribution is -2.11. The Morgan fingerprint density at radius 2 is 1.75 bits per heavy atom. The summed E-state index contributed by atoms with van der Waals surface area (Å²) < 4.78 is 24.7. The van der Waals surface area contributed by atoms with Crippen molar-refractivity contribution >= 4 is 21.2 Å². The number of aryl methyl sites for hydroxylation is 1. The predicted octanol–water partition coefficient (Wildman–Crippen LogP) is 3.72. The van der Waals surface area contributed by atoms with Gasteiger partial charge >= 0.3 is 0 Å². The van der Waals surface area contributed by atoms with Gasteiger partial charge in [0.05, 0.1) is 5.75 Å². The minimum Gasteiger partial charge on any atom is -0.231 e. The first kappa shape index (κ1) is 15.2. The van der Waals surface area contributed by atoms with Gasteiger partial charge in [-0.2, -0.15) is 0 Å². The first-order valence-corrected chi connectivity index (χ1v) is 8.96. The molecule has 108 valence electrons. The Morgan fingerprint density at radius 3 is 2.20 bits per heavy atom. The monoisotopic (exact) mass is 309 g/mol. The molecule has 0 saturated carbocycles. The third kappa shape index (κ3) is 3.46. The third-order valence-corrected chi connectivity index (χ3v) is 6.18. The zero-order chi connectivity index (χ0) is 15.0. The summed E-state index contributed by atoms with van der Waals surface area (Å²) in [5.74, 6) is 0.00434. The van der Waals surface area contributed by atoms with E-state index in [1.807, 2.05) is 24.3 Å². The summed E-state index contributed by atoms with van der Waals surface area (Å²) in [6, 6.07) is 7.77. The Bertz CT molecular complexity index is 692. The highest BCUT2D eigenvalue weighted by Gasteiger charge is 2.20. The van der Waals surface area contributed by atoms with Crippen molar-refractivity contribution in [2.45, 2.75) is 43.2 Å². The maximum Gasteiger partial charge on any atom is 0.209 e. The van der Waals surface area contributed by atoms with E-state index in [0.29, 0.717) is 0 Å². The van der Waals surface area contributed by atoms with Crippen LogP contribution in [0.2, 0.25) is 0 Å². The van der Waals surface area contributed by atoms with Crippen LogP contribution in [-0.2, 0) is 21.0 Å². The van der Waals surface area contributed by atoms with E-state index in [1.165, 1.54) is 16.9 Å². The first-order valence-electron chi connectivity index (χ1n) is 6.43. The standard InChI is InChI=1S/C15H19NO2S2/c1-11-9-19-14(16-11)20(17,18)10-12-5-7-13(8-6-12)15(2,3)4/h5-9H,10H2,1-4H3. The van der Waals surface area contributed by atoms with Crippen molar-refractivity contribution < 1.29 is 8.42 Å². The first-order chi connectivity index (χ1) is 9.18. The Morgan fingerprint density at radius 1 is 1.15 bits per heavy atom. The molecule has 0 spiro atoms. The number of sulfone groups is 1. The Kier molecular flexibility index (Phi) is 4.02. The van der Waals surface area contributed by atoms with Gasteiger partial charge in [0, 0.05) is 11.1 Å². The number of nitrogens with zero attached hydrogens (tertiary/aromatic N) is 1. The fourth-order valence-electron chi connectivity index (χ4n) is 1.86. The average Bonchev–Trinajstić information content (AvgIpc) is 2.76. The molecule has 0 bridgehead atoms. The Labute approximate surface area is 124 Å². The van der Waals surface area contributed by atoms with Crippen LogP contribution in [0, 0.1) is 6.92 Å². The highest BCUT2D eigenvalue weighted by Crippen LogP contribution is 2.24. The van der Waals surface area contributed by atoms with Crippen LogP contribution in [0.15, 0.2) is 34.0 Å². The van der Waals surface area contributed by atoms with Crippen molar-refractivity contribution in [2.24, 2.45) is 0 Å². The molecule has 2 aromatic rings. The van der Waals surface area contributed by atoms with Gasteiger partial charge in [0.1, 0.15) is 0 Å². The maximum atomic E-state index is 12.2. The summed E-state index contributed by atoms with van der Waals surface area (Å²) in [5.41, 5.74) is 2.82. The van der Waals surface area contributed by atoms with Crippen LogP contribution in [0.4, 0.5) is 0 Å². The lowest BCUT2D eigenvalue weighted by molar-refractivity contribution is 0.589. The Balaban J connectivity index is 2.22. The van der Waals surface area contributed by atoms with Crippen molar-refractivity contribution in [3.05, 3.63) is 46.5 Å². The molecule has 0 atom stereocenters. The normalized spacial score (nSPS) is 12.6. The number of benzene rings is 1. The second-order valence-corrected chi connectivity index (χ2v) is 8.98. The molecule has 2 rings (SSSR count). The maximum absolute atomic E-state index is 12.2. The Hall–Kier alpha value is -1.20. The highest BCUT2D eigenvalue weighted by molar-refractivity contribution is 7.92. The van der Waals surface area contributed by atoms with Crippen molar-refractivity contribution in [3.63, 3.8) is 0 Å². The van der Waals surface area contributed by atoms with E-state index in [1.54, 1.807) is 12.3 Å². The van der Waals surface area contributed by atoms with Crippen LogP contribution < -0.4 is 0 Å². The smallest absolute Gasteiger partial charge is 0.209 e. The molecule has 0 unspecified atom stereocenters. The van der Waals surface area contributed by atoms with Gasteiger partial charge in [-0.1, -0.05) is 45.0 Å². The fraction of sp³-hybridized carbons (Fsp3) is 0.400. The van der Waals surface area contributed by atoms with Crippen LogP contribution >= 0.6 is 11.3 Å². The van der Waals surface area contributed by atoms with Gasteiger partial charge in [-0.25, -0.2) is 13.4 Å². The van der Waals surface area contributed by atoms with Gasteiger partial charge in [-0.15, -0.1) is 11.3 Å². The number of thiazole rings is 1. The molecule has 0 fully saturated rings. The number of rotatable bonds is 3. The molecule has 1 aromatic heterocycles. The summed E-state index contributed by atoms with van der Waals surface area (Å²) in [6.07, 6.45) is 0. The predicted molar refractivity (Wildman–Crippen MR) is 82.9 cm³/mol. The summed E-state index contributed by atoms with van der Waals surface area (Å²) in [4.78, 5) is 4.07. The topological polar surface area (TPSA) is 47.0 Å². The van der Waals surface area contributed by atoms with Crippen molar-refractivity contribution in [3.8, 4) is 0 Å². The van der Waals surface area contributed by atoms with Gasteiger partial charge in [0.15, 0.2) is 0 Å². The van der Waals surface area contributed by atoms with Gasteiger partial charge in [-0.3, -0.25) is 0 Å². The quantitative estimate of drug-likeness (QED) is 0.868. The number of hydrogen-bond donors (Lipinski definition) is 0. The molecule has 0 radical (unpaired) electrons. The van der Waals surface area contributed by atoms with E-state index >= 15 is 0 Å². The largest absolute Gasteiger partial charge is 0.231 e. The van der Waals surface area contributed by atoms with E-state index in [4.69, 9.17) is 0 Å². The van der Waals surface area contributed by atoms with Crippen LogP contribution in [-0.4, -0.2) is 13.4 Å². The van der Waals surface area contributed by atoms with Gasteiger partial charge < -0.3 is 0 Å². The lowest BCUT2D eigenvalue weighted by Gasteiger charge is -2.19. The molecular weight excluding hydrogens is 290 g/mol. The molecule has 20 heavy (non-hydrogen) atoms. The number of hydrogen-bond acceptors (Lipinski definition) is 4. The van der Waals surface area contributed by atoms with E-state index in [2.05, 4.69) is 25.8 Å². The van der Waals surface area contributed by atoms with Gasteiger partial charge in [0.25, 0.3) is 0 Å². The van der Waals surface area contributed by atoms with Crippen molar-refractivity contribution in [1.29, 1.82) is 0 Å². The van der Waals surface area contributed by atoms with Crippen molar-refractivity contribution in [2.75, 3.05) is 0 Å². The minimum atomic E-state index is -3.33. The second-order valence-electron chi connectivity index (χ2n) is 5.96. The van der Waals surface area contributed by atoms with E-state index < -0.39 is 9.84 Å². The van der Waals surface area contributed by atoms with E-state index in [-0.39, 0.29) is 15.5 Å². The number of aromatic nitrogens is 1. The third-order valence-electron chi connectivity index (χ3n) is 3.04. The summed E-state index contributed by atoms with van der Waals surface area (Å²) in [6.45, 7) is 8.21. The van der Waals surface area contributed by atoms with E-state index in [9.17, 15) is 8.42 Å². The fourth-order valence-corrected chi connectivity index (χ4v) is 4.32. The lowest BCUT2D eigenvalue weighted by atomic mass is 9.87. The summed E-state index contributed by atoms with van der Waals surface area (Å²) in [5, 5.41) is 1.76. The van der Waals surface area contributed by atoms with Crippen LogP contribution in [0.5, 0.6) is 0 Å². The zero-order valence-electron chi connectivity index (χ0n) is 12.2. The van der Waals surface area contributed by atoms with Crippen molar-refractivity contribution in [1.82, 2.24) is 4.98 Å². The molecule has 0 aliphatic rings. The molecular formula is C15H19NO2S2. The molecule has 0 aliphatic carbocycles. The SMILES string of the molecule is Cc1csc(S(=O)(=O)Cc2ccc(C(C)(C)C)cc2)n1. The minimum absolute atomic E-state index is 0.00434.